The fourth-order valence-electron chi connectivity index (χ4n) is 0.899. The van der Waals surface area contributed by atoms with Crippen LogP contribution in [0.4, 0.5) is 10.1 Å². The topological polar surface area (TPSA) is 41.1 Å². The number of carbonyl (C=O) groups is 1. The van der Waals surface area contributed by atoms with Gasteiger partial charge in [-0.2, -0.15) is 0 Å². The van der Waals surface area contributed by atoms with Crippen molar-refractivity contribution in [3.8, 4) is 0 Å². The number of benzene rings is 1. The Morgan fingerprint density at radius 3 is 2.43 bits per heavy atom. The second-order valence-electron chi connectivity index (χ2n) is 2.59. The molecule has 0 aliphatic carbocycles. The van der Waals surface area contributed by atoms with Crippen molar-refractivity contribution in [2.24, 2.45) is 0 Å². The molecular formula is C9H12ClFN2O. The van der Waals surface area contributed by atoms with Crippen LogP contribution in [0, 0.1) is 5.82 Å². The van der Waals surface area contributed by atoms with Gasteiger partial charge in [-0.15, -0.1) is 12.4 Å². The quantitative estimate of drug-likeness (QED) is 0.806. The molecule has 0 atom stereocenters. The molecule has 0 aromatic heterocycles. The maximum atomic E-state index is 12.4. The first-order valence-corrected chi connectivity index (χ1v) is 3.92. The van der Waals surface area contributed by atoms with E-state index in [1.807, 2.05) is 0 Å². The number of likely N-dealkylation sites (N-methyl/N-ethyl adjacent to an activating group) is 1. The maximum absolute atomic E-state index is 12.4. The van der Waals surface area contributed by atoms with Gasteiger partial charge in [0, 0.05) is 5.69 Å². The number of rotatable bonds is 3. The van der Waals surface area contributed by atoms with E-state index in [0.717, 1.165) is 0 Å². The Morgan fingerprint density at radius 1 is 1.36 bits per heavy atom. The number of carbonyl (C=O) groups excluding carboxylic acids is 1. The van der Waals surface area contributed by atoms with Crippen LogP contribution in [0.15, 0.2) is 24.3 Å². The zero-order chi connectivity index (χ0) is 9.68. The third-order valence-corrected chi connectivity index (χ3v) is 1.47. The Hall–Kier alpha value is -1.13. The van der Waals surface area contributed by atoms with E-state index in [-0.39, 0.29) is 30.7 Å². The number of nitrogens with one attached hydrogen (secondary N) is 2. The van der Waals surface area contributed by atoms with E-state index in [9.17, 15) is 9.18 Å². The van der Waals surface area contributed by atoms with E-state index in [1.165, 1.54) is 24.3 Å². The first-order valence-electron chi connectivity index (χ1n) is 3.92. The number of hydrogen-bond acceptors (Lipinski definition) is 2. The van der Waals surface area contributed by atoms with E-state index in [2.05, 4.69) is 10.6 Å². The van der Waals surface area contributed by atoms with Crippen molar-refractivity contribution in [2.75, 3.05) is 18.9 Å². The predicted octanol–water partition coefficient (Wildman–Crippen LogP) is 1.41. The highest BCUT2D eigenvalue weighted by Gasteiger charge is 1.99. The molecule has 0 bridgehead atoms. The molecule has 0 saturated heterocycles. The minimum Gasteiger partial charge on any atom is -0.325 e. The monoisotopic (exact) mass is 218 g/mol. The van der Waals surface area contributed by atoms with Gasteiger partial charge in [0.2, 0.25) is 5.91 Å². The van der Waals surface area contributed by atoms with E-state index in [1.54, 1.807) is 7.05 Å². The van der Waals surface area contributed by atoms with Crippen molar-refractivity contribution in [2.45, 2.75) is 0 Å². The van der Waals surface area contributed by atoms with Gasteiger partial charge in [-0.1, -0.05) is 0 Å². The summed E-state index contributed by atoms with van der Waals surface area (Å²) in [5, 5.41) is 5.31. The highest BCUT2D eigenvalue weighted by Crippen LogP contribution is 2.07. The normalized spacial score (nSPS) is 9.00. The zero-order valence-electron chi connectivity index (χ0n) is 7.71. The molecule has 0 aliphatic heterocycles. The summed E-state index contributed by atoms with van der Waals surface area (Å²) in [5.74, 6) is -0.458. The Morgan fingerprint density at radius 2 is 1.93 bits per heavy atom. The molecule has 1 rings (SSSR count). The minimum atomic E-state index is -0.313. The summed E-state index contributed by atoms with van der Waals surface area (Å²) in [6, 6.07) is 5.63. The second kappa shape index (κ2) is 6.34. The Labute approximate surface area is 88.1 Å². The van der Waals surface area contributed by atoms with Crippen LogP contribution in [-0.2, 0) is 4.79 Å². The van der Waals surface area contributed by atoms with Crippen molar-refractivity contribution >= 4 is 24.0 Å². The lowest BCUT2D eigenvalue weighted by Crippen LogP contribution is -2.24. The lowest BCUT2D eigenvalue weighted by Gasteiger charge is -2.03. The van der Waals surface area contributed by atoms with Crippen molar-refractivity contribution < 1.29 is 9.18 Å². The Bertz CT molecular complexity index is 289. The van der Waals surface area contributed by atoms with Crippen molar-refractivity contribution in [3.05, 3.63) is 30.1 Å². The van der Waals surface area contributed by atoms with Crippen LogP contribution in [0.5, 0.6) is 0 Å². The third kappa shape index (κ3) is 4.20. The average Bonchev–Trinajstić information content (AvgIpc) is 2.09. The fraction of sp³-hybridized carbons (Fsp3) is 0.222. The van der Waals surface area contributed by atoms with Crippen LogP contribution in [-0.4, -0.2) is 19.5 Å². The molecule has 78 valence electrons. The van der Waals surface area contributed by atoms with E-state index >= 15 is 0 Å². The largest absolute Gasteiger partial charge is 0.325 e. The zero-order valence-corrected chi connectivity index (χ0v) is 8.53. The summed E-state index contributed by atoms with van der Waals surface area (Å²) in [5.41, 5.74) is 0.599. The first-order chi connectivity index (χ1) is 6.22. The SMILES string of the molecule is CNCC(=O)Nc1ccc(F)cc1.Cl. The van der Waals surface area contributed by atoms with Crippen molar-refractivity contribution in [1.29, 1.82) is 0 Å². The lowest BCUT2D eigenvalue weighted by molar-refractivity contribution is -0.115. The molecule has 1 aromatic rings. The van der Waals surface area contributed by atoms with Crippen LogP contribution in [0.1, 0.15) is 0 Å². The second-order valence-corrected chi connectivity index (χ2v) is 2.59. The molecule has 14 heavy (non-hydrogen) atoms. The van der Waals surface area contributed by atoms with Gasteiger partial charge in [-0.25, -0.2) is 4.39 Å². The summed E-state index contributed by atoms with van der Waals surface area (Å²) in [6.07, 6.45) is 0. The summed E-state index contributed by atoms with van der Waals surface area (Å²) in [4.78, 5) is 11.0. The van der Waals surface area contributed by atoms with Crippen LogP contribution >= 0.6 is 12.4 Å². The summed E-state index contributed by atoms with van der Waals surface area (Å²) < 4.78 is 12.4. The number of hydrogen-bond donors (Lipinski definition) is 2. The summed E-state index contributed by atoms with van der Waals surface area (Å²) >= 11 is 0. The van der Waals surface area contributed by atoms with Crippen LogP contribution in [0.3, 0.4) is 0 Å². The van der Waals surface area contributed by atoms with Crippen LogP contribution in [0.25, 0.3) is 0 Å². The molecule has 0 heterocycles. The molecule has 0 radical (unpaired) electrons. The smallest absolute Gasteiger partial charge is 0.238 e. The van der Waals surface area contributed by atoms with E-state index in [4.69, 9.17) is 0 Å². The van der Waals surface area contributed by atoms with E-state index in [0.29, 0.717) is 5.69 Å². The number of halogens is 2. The van der Waals surface area contributed by atoms with Crippen molar-refractivity contribution in [3.63, 3.8) is 0 Å². The third-order valence-electron chi connectivity index (χ3n) is 1.47. The van der Waals surface area contributed by atoms with Gasteiger partial charge in [-0.3, -0.25) is 4.79 Å². The summed E-state index contributed by atoms with van der Waals surface area (Å²) in [7, 11) is 1.68. The minimum absolute atomic E-state index is 0. The fourth-order valence-corrected chi connectivity index (χ4v) is 0.899. The molecule has 0 spiro atoms. The van der Waals surface area contributed by atoms with Gasteiger partial charge in [0.15, 0.2) is 0 Å². The molecule has 3 nitrogen and oxygen atoms in total. The highest BCUT2D eigenvalue weighted by atomic mass is 35.5. The predicted molar refractivity (Wildman–Crippen MR) is 56.2 cm³/mol. The number of amides is 1. The average molecular weight is 219 g/mol. The molecule has 0 unspecified atom stereocenters. The standard InChI is InChI=1S/C9H11FN2O.ClH/c1-11-6-9(13)12-8-4-2-7(10)3-5-8;/h2-5,11H,6H2,1H3,(H,12,13);1H. The molecule has 2 N–H and O–H groups in total. The van der Waals surface area contributed by atoms with Crippen molar-refractivity contribution in [1.82, 2.24) is 5.32 Å². The molecule has 1 aromatic carbocycles. The molecule has 1 amide bonds. The Balaban J connectivity index is 0.00000169. The molecule has 5 heteroatoms. The van der Waals surface area contributed by atoms with Gasteiger partial charge >= 0.3 is 0 Å². The molecule has 0 saturated carbocycles. The van der Waals surface area contributed by atoms with Crippen LogP contribution < -0.4 is 10.6 Å². The lowest BCUT2D eigenvalue weighted by atomic mass is 10.3. The van der Waals surface area contributed by atoms with Gasteiger partial charge in [0.25, 0.3) is 0 Å². The highest BCUT2D eigenvalue weighted by molar-refractivity contribution is 5.92. The van der Waals surface area contributed by atoms with Gasteiger partial charge < -0.3 is 10.6 Å². The molecule has 0 fully saturated rings. The van der Waals surface area contributed by atoms with Gasteiger partial charge in [0.05, 0.1) is 6.54 Å². The van der Waals surface area contributed by atoms with Gasteiger partial charge in [-0.05, 0) is 31.3 Å². The molecule has 0 aliphatic rings. The first kappa shape index (κ1) is 12.9. The maximum Gasteiger partial charge on any atom is 0.238 e. The molecular weight excluding hydrogens is 207 g/mol. The Kier molecular flexibility index (Phi) is 5.83. The summed E-state index contributed by atoms with van der Waals surface area (Å²) in [6.45, 7) is 0.247. The van der Waals surface area contributed by atoms with Crippen LogP contribution in [0.2, 0.25) is 0 Å². The van der Waals surface area contributed by atoms with Gasteiger partial charge in [0.1, 0.15) is 5.82 Å². The number of anilines is 1. The van der Waals surface area contributed by atoms with E-state index < -0.39 is 0 Å².